The SMILES string of the molecule is C.CC1(O)CCN(c2ncc(-c3cccc(COC(=O)CC(=N)N)c3F)cn2)CC1. The molecule has 0 unspecified atom stereocenters. The molecule has 0 spiro atoms. The van der Waals surface area contributed by atoms with Gasteiger partial charge in [0, 0.05) is 42.2 Å². The number of aromatic nitrogens is 2. The van der Waals surface area contributed by atoms with Crippen LogP contribution in [0, 0.1) is 11.2 Å². The Bertz CT molecular complexity index is 892. The van der Waals surface area contributed by atoms with Crippen LogP contribution >= 0.6 is 0 Å². The van der Waals surface area contributed by atoms with Crippen molar-refractivity contribution in [1.29, 1.82) is 5.41 Å². The molecule has 1 saturated heterocycles. The molecule has 1 aromatic heterocycles. The highest BCUT2D eigenvalue weighted by molar-refractivity contribution is 5.94. The first-order valence-corrected chi connectivity index (χ1v) is 9.31. The molecule has 3 rings (SSSR count). The summed E-state index contributed by atoms with van der Waals surface area (Å²) in [5.74, 6) is -0.971. The van der Waals surface area contributed by atoms with E-state index >= 15 is 0 Å². The van der Waals surface area contributed by atoms with Gasteiger partial charge in [-0.05, 0) is 19.8 Å². The van der Waals surface area contributed by atoms with E-state index in [1.807, 2.05) is 11.8 Å². The molecule has 0 bridgehead atoms. The molecule has 0 saturated carbocycles. The van der Waals surface area contributed by atoms with Gasteiger partial charge in [0.05, 0.1) is 5.60 Å². The monoisotopic (exact) mass is 417 g/mol. The molecule has 4 N–H and O–H groups in total. The Hall–Kier alpha value is -3.07. The lowest BCUT2D eigenvalue weighted by atomic mass is 9.94. The first-order chi connectivity index (χ1) is 13.7. The van der Waals surface area contributed by atoms with Gasteiger partial charge in [-0.25, -0.2) is 14.4 Å². The van der Waals surface area contributed by atoms with Gasteiger partial charge in [0.15, 0.2) is 0 Å². The van der Waals surface area contributed by atoms with Gasteiger partial charge in [0.25, 0.3) is 0 Å². The molecule has 0 amide bonds. The fourth-order valence-corrected chi connectivity index (χ4v) is 3.09. The standard InChI is InChI=1S/C20H24FN5O3.CH4/c1-20(28)5-7-26(8-6-20)19-24-10-14(11-25-19)15-4-2-3-13(18(15)21)12-29-17(27)9-16(22)23;/h2-4,10-11,28H,5-9,12H2,1H3,(H3,22,23);1H4. The second-order valence-electron chi connectivity index (χ2n) is 7.40. The number of nitrogens with one attached hydrogen (secondary N) is 1. The highest BCUT2D eigenvalue weighted by Crippen LogP contribution is 2.27. The minimum atomic E-state index is -0.685. The zero-order valence-corrected chi connectivity index (χ0v) is 16.2. The first-order valence-electron chi connectivity index (χ1n) is 9.31. The zero-order valence-electron chi connectivity index (χ0n) is 16.2. The summed E-state index contributed by atoms with van der Waals surface area (Å²) < 4.78 is 19.8. The van der Waals surface area contributed by atoms with E-state index < -0.39 is 17.4 Å². The van der Waals surface area contributed by atoms with Crippen LogP contribution in [-0.4, -0.2) is 45.6 Å². The molecule has 1 aliphatic heterocycles. The molecule has 2 heterocycles. The van der Waals surface area contributed by atoms with Crippen LogP contribution in [0.2, 0.25) is 0 Å². The number of benzene rings is 1. The van der Waals surface area contributed by atoms with Crippen molar-refractivity contribution in [1.82, 2.24) is 9.97 Å². The Morgan fingerprint density at radius 2 is 1.97 bits per heavy atom. The van der Waals surface area contributed by atoms with Gasteiger partial charge in [-0.1, -0.05) is 25.6 Å². The van der Waals surface area contributed by atoms with Crippen LogP contribution in [0.5, 0.6) is 0 Å². The van der Waals surface area contributed by atoms with Crippen molar-refractivity contribution in [2.24, 2.45) is 5.73 Å². The van der Waals surface area contributed by atoms with E-state index in [0.29, 0.717) is 43.0 Å². The number of hydrogen-bond acceptors (Lipinski definition) is 7. The van der Waals surface area contributed by atoms with Gasteiger partial charge in [-0.3, -0.25) is 10.2 Å². The van der Waals surface area contributed by atoms with E-state index in [4.69, 9.17) is 15.9 Å². The van der Waals surface area contributed by atoms with E-state index in [9.17, 15) is 14.3 Å². The van der Waals surface area contributed by atoms with Crippen molar-refractivity contribution in [3.05, 3.63) is 42.0 Å². The molecule has 30 heavy (non-hydrogen) atoms. The third kappa shape index (κ3) is 5.73. The Labute approximate surface area is 175 Å². The highest BCUT2D eigenvalue weighted by atomic mass is 19.1. The number of nitrogens with zero attached hydrogens (tertiary/aromatic N) is 3. The molecular formula is C21H28FN5O3. The van der Waals surface area contributed by atoms with Crippen LogP contribution in [0.25, 0.3) is 11.1 Å². The van der Waals surface area contributed by atoms with E-state index in [1.165, 1.54) is 6.07 Å². The van der Waals surface area contributed by atoms with Crippen molar-refractivity contribution >= 4 is 17.8 Å². The molecule has 0 aliphatic carbocycles. The maximum Gasteiger partial charge on any atom is 0.313 e. The van der Waals surface area contributed by atoms with Gasteiger partial charge >= 0.3 is 5.97 Å². The maximum absolute atomic E-state index is 14.9. The predicted molar refractivity (Wildman–Crippen MR) is 113 cm³/mol. The predicted octanol–water partition coefficient (Wildman–Crippen LogP) is 2.64. The summed E-state index contributed by atoms with van der Waals surface area (Å²) in [6.07, 6.45) is 4.05. The van der Waals surface area contributed by atoms with Crippen molar-refractivity contribution in [3.8, 4) is 11.1 Å². The van der Waals surface area contributed by atoms with E-state index in [1.54, 1.807) is 24.5 Å². The van der Waals surface area contributed by atoms with Gasteiger partial charge < -0.3 is 20.5 Å². The second kappa shape index (κ2) is 9.62. The summed E-state index contributed by atoms with van der Waals surface area (Å²) in [7, 11) is 0. The molecule has 9 heteroatoms. The van der Waals surface area contributed by atoms with Crippen molar-refractivity contribution < 1.29 is 19.0 Å². The first kappa shape index (κ1) is 23.2. The Morgan fingerprint density at radius 1 is 1.33 bits per heavy atom. The van der Waals surface area contributed by atoms with Gasteiger partial charge in [-0.2, -0.15) is 0 Å². The third-order valence-electron chi connectivity index (χ3n) is 4.87. The second-order valence-corrected chi connectivity index (χ2v) is 7.40. The van der Waals surface area contributed by atoms with Crippen LogP contribution in [0.1, 0.15) is 39.2 Å². The van der Waals surface area contributed by atoms with E-state index in [-0.39, 0.29) is 31.9 Å². The van der Waals surface area contributed by atoms with Crippen LogP contribution in [0.4, 0.5) is 10.3 Å². The number of amidine groups is 1. The van der Waals surface area contributed by atoms with Crippen LogP contribution in [0.15, 0.2) is 30.6 Å². The molecule has 1 aromatic carbocycles. The molecule has 8 nitrogen and oxygen atoms in total. The summed E-state index contributed by atoms with van der Waals surface area (Å²) in [5.41, 5.74) is 5.51. The summed E-state index contributed by atoms with van der Waals surface area (Å²) in [6.45, 7) is 2.88. The summed E-state index contributed by atoms with van der Waals surface area (Å²) >= 11 is 0. The molecule has 1 fully saturated rings. The normalized spacial score (nSPS) is 15.2. The third-order valence-corrected chi connectivity index (χ3v) is 4.87. The minimum Gasteiger partial charge on any atom is -0.460 e. The fourth-order valence-electron chi connectivity index (χ4n) is 3.09. The Kier molecular flexibility index (Phi) is 7.44. The van der Waals surface area contributed by atoms with Crippen LogP contribution in [0.3, 0.4) is 0 Å². The largest absolute Gasteiger partial charge is 0.460 e. The highest BCUT2D eigenvalue weighted by Gasteiger charge is 2.28. The number of ether oxygens (including phenoxy) is 1. The number of esters is 1. The Morgan fingerprint density at radius 3 is 2.57 bits per heavy atom. The number of piperidine rings is 1. The number of carbonyl (C=O) groups excluding carboxylic acids is 1. The summed E-state index contributed by atoms with van der Waals surface area (Å²) in [5, 5.41) is 17.1. The summed E-state index contributed by atoms with van der Waals surface area (Å²) in [6, 6.07) is 4.79. The molecular weight excluding hydrogens is 389 g/mol. The number of halogens is 1. The quantitative estimate of drug-likeness (QED) is 0.375. The lowest BCUT2D eigenvalue weighted by molar-refractivity contribution is -0.143. The lowest BCUT2D eigenvalue weighted by Crippen LogP contribution is -2.43. The number of hydrogen-bond donors (Lipinski definition) is 3. The maximum atomic E-state index is 14.9. The smallest absolute Gasteiger partial charge is 0.313 e. The number of aliphatic hydroxyl groups is 1. The van der Waals surface area contributed by atoms with E-state index in [2.05, 4.69) is 9.97 Å². The topological polar surface area (TPSA) is 125 Å². The van der Waals surface area contributed by atoms with Gasteiger partial charge in [-0.15, -0.1) is 0 Å². The minimum absolute atomic E-state index is 0. The lowest BCUT2D eigenvalue weighted by Gasteiger charge is -2.35. The van der Waals surface area contributed by atoms with Crippen molar-refractivity contribution in [2.45, 2.75) is 45.8 Å². The number of nitrogens with two attached hydrogens (primary N) is 1. The summed E-state index contributed by atoms with van der Waals surface area (Å²) in [4.78, 5) is 22.2. The molecule has 1 aliphatic rings. The number of rotatable bonds is 6. The van der Waals surface area contributed by atoms with Crippen molar-refractivity contribution in [2.75, 3.05) is 18.0 Å². The average molecular weight is 417 g/mol. The van der Waals surface area contributed by atoms with Crippen LogP contribution in [-0.2, 0) is 16.1 Å². The Balaban J connectivity index is 0.00000320. The zero-order chi connectivity index (χ0) is 21.0. The van der Waals surface area contributed by atoms with Crippen molar-refractivity contribution in [3.63, 3.8) is 0 Å². The number of anilines is 1. The van der Waals surface area contributed by atoms with Gasteiger partial charge in [0.2, 0.25) is 5.95 Å². The molecule has 0 radical (unpaired) electrons. The van der Waals surface area contributed by atoms with Gasteiger partial charge in [0.1, 0.15) is 24.7 Å². The number of carbonyl (C=O) groups is 1. The van der Waals surface area contributed by atoms with Crippen LogP contribution < -0.4 is 10.6 Å². The molecule has 0 atom stereocenters. The molecule has 162 valence electrons. The average Bonchev–Trinajstić information content (AvgIpc) is 2.67. The molecule has 2 aromatic rings. The van der Waals surface area contributed by atoms with E-state index in [0.717, 1.165) is 0 Å². The fraction of sp³-hybridized carbons (Fsp3) is 0.429.